The highest BCUT2D eigenvalue weighted by atomic mass is 15.1. The fourth-order valence-corrected chi connectivity index (χ4v) is 4.72. The average Bonchev–Trinajstić information content (AvgIpc) is 3.17. The van der Waals surface area contributed by atoms with Gasteiger partial charge >= 0.3 is 0 Å². The first-order valence-electron chi connectivity index (χ1n) is 11.8. The van der Waals surface area contributed by atoms with E-state index in [2.05, 4.69) is 120 Å². The van der Waals surface area contributed by atoms with Crippen LogP contribution in [0.15, 0.2) is 103 Å². The van der Waals surface area contributed by atoms with Crippen LogP contribution in [0.3, 0.4) is 0 Å². The second-order valence-electron chi connectivity index (χ2n) is 8.44. The van der Waals surface area contributed by atoms with Crippen LogP contribution < -0.4 is 4.90 Å². The molecule has 0 amide bonds. The summed E-state index contributed by atoms with van der Waals surface area (Å²) in [6.07, 6.45) is 5.09. The Hall–Kier alpha value is -3.52. The van der Waals surface area contributed by atoms with E-state index in [9.17, 15) is 0 Å². The monoisotopic (exact) mass is 418 g/mol. The number of fused-ring (bicyclic) bond motifs is 3. The van der Waals surface area contributed by atoms with Gasteiger partial charge in [-0.15, -0.1) is 0 Å². The Morgan fingerprint density at radius 2 is 1.19 bits per heavy atom. The average molecular weight is 419 g/mol. The molecule has 0 saturated carbocycles. The van der Waals surface area contributed by atoms with Crippen LogP contribution in [-0.2, 0) is 6.54 Å². The Morgan fingerprint density at radius 3 is 1.88 bits per heavy atom. The Balaban J connectivity index is 1.64. The summed E-state index contributed by atoms with van der Waals surface area (Å²) >= 11 is 0. The van der Waals surface area contributed by atoms with E-state index in [0.717, 1.165) is 6.54 Å². The van der Waals surface area contributed by atoms with Crippen molar-refractivity contribution in [1.82, 2.24) is 4.57 Å². The van der Waals surface area contributed by atoms with Crippen molar-refractivity contribution in [2.24, 2.45) is 0 Å². The summed E-state index contributed by atoms with van der Waals surface area (Å²) in [6.45, 7) is 3.34. The molecule has 5 rings (SSSR count). The largest absolute Gasteiger partial charge is 0.340 e. The lowest BCUT2D eigenvalue weighted by atomic mass is 10.1. The number of anilines is 3. The number of nitrogens with zero attached hydrogens (tertiary/aromatic N) is 2. The molecule has 0 saturated heterocycles. The normalized spacial score (nSPS) is 11.3. The van der Waals surface area contributed by atoms with Crippen molar-refractivity contribution in [2.45, 2.75) is 39.2 Å². The molecule has 2 nitrogen and oxygen atoms in total. The van der Waals surface area contributed by atoms with E-state index in [0.29, 0.717) is 0 Å². The van der Waals surface area contributed by atoms with E-state index in [1.54, 1.807) is 0 Å². The van der Waals surface area contributed by atoms with Crippen molar-refractivity contribution in [2.75, 3.05) is 4.90 Å². The second kappa shape index (κ2) is 9.32. The van der Waals surface area contributed by atoms with Crippen LogP contribution in [0.5, 0.6) is 0 Å². The lowest BCUT2D eigenvalue weighted by Gasteiger charge is -2.25. The molecule has 0 radical (unpaired) electrons. The Kier molecular flexibility index (Phi) is 5.93. The number of benzene rings is 4. The Bertz CT molecular complexity index is 1260. The molecule has 0 bridgehead atoms. The third-order valence-electron chi connectivity index (χ3n) is 6.28. The summed E-state index contributed by atoms with van der Waals surface area (Å²) in [6, 6.07) is 37.0. The molecule has 2 heteroatoms. The third kappa shape index (κ3) is 3.89. The number of hydrogen-bond acceptors (Lipinski definition) is 1. The van der Waals surface area contributed by atoms with Crippen LogP contribution in [0, 0.1) is 0 Å². The molecule has 0 atom stereocenters. The first-order valence-corrected chi connectivity index (χ1v) is 11.8. The molecule has 1 aromatic heterocycles. The minimum absolute atomic E-state index is 1.07. The van der Waals surface area contributed by atoms with Gasteiger partial charge in [-0.3, -0.25) is 0 Å². The number of unbranched alkanes of at least 4 members (excludes halogenated alkanes) is 3. The van der Waals surface area contributed by atoms with E-state index >= 15 is 0 Å². The maximum atomic E-state index is 2.51. The highest BCUT2D eigenvalue weighted by molar-refractivity contribution is 6.09. The van der Waals surface area contributed by atoms with Crippen molar-refractivity contribution in [3.05, 3.63) is 103 Å². The van der Waals surface area contributed by atoms with Crippen molar-refractivity contribution in [1.29, 1.82) is 0 Å². The van der Waals surface area contributed by atoms with Crippen LogP contribution in [0.1, 0.15) is 32.6 Å². The van der Waals surface area contributed by atoms with Crippen LogP contribution >= 0.6 is 0 Å². The molecule has 160 valence electrons. The van der Waals surface area contributed by atoms with E-state index in [4.69, 9.17) is 0 Å². The first-order chi connectivity index (χ1) is 15.9. The van der Waals surface area contributed by atoms with E-state index < -0.39 is 0 Å². The predicted molar refractivity (Wildman–Crippen MR) is 138 cm³/mol. The number of hydrogen-bond donors (Lipinski definition) is 0. The lowest BCUT2D eigenvalue weighted by molar-refractivity contribution is 0.602. The molecule has 0 fully saturated rings. The first kappa shape index (κ1) is 20.4. The fraction of sp³-hybridized carbons (Fsp3) is 0.200. The Labute approximate surface area is 190 Å². The molecule has 5 aromatic rings. The number of aryl methyl sites for hydroxylation is 1. The van der Waals surface area contributed by atoms with Crippen molar-refractivity contribution in [3.63, 3.8) is 0 Å². The van der Waals surface area contributed by atoms with Crippen molar-refractivity contribution in [3.8, 4) is 0 Å². The third-order valence-corrected chi connectivity index (χ3v) is 6.28. The van der Waals surface area contributed by atoms with Crippen LogP contribution in [0.25, 0.3) is 21.8 Å². The van der Waals surface area contributed by atoms with Gasteiger partial charge in [0.15, 0.2) is 0 Å². The summed E-state index contributed by atoms with van der Waals surface area (Å²) in [5.74, 6) is 0. The summed E-state index contributed by atoms with van der Waals surface area (Å²) in [5, 5.41) is 2.66. The van der Waals surface area contributed by atoms with Gasteiger partial charge in [0.2, 0.25) is 0 Å². The molecule has 0 aliphatic carbocycles. The van der Waals surface area contributed by atoms with E-state index in [-0.39, 0.29) is 0 Å². The molecule has 1 heterocycles. The minimum Gasteiger partial charge on any atom is -0.340 e. The van der Waals surface area contributed by atoms with Gasteiger partial charge < -0.3 is 9.47 Å². The van der Waals surface area contributed by atoms with E-state index in [1.165, 1.54) is 64.6 Å². The second-order valence-corrected chi connectivity index (χ2v) is 8.44. The zero-order valence-electron chi connectivity index (χ0n) is 18.7. The molecular weight excluding hydrogens is 388 g/mol. The van der Waals surface area contributed by atoms with Gasteiger partial charge in [-0.05, 0) is 55.0 Å². The molecule has 0 N–H and O–H groups in total. The van der Waals surface area contributed by atoms with Gasteiger partial charge in [0.05, 0.1) is 0 Å². The highest BCUT2D eigenvalue weighted by Crippen LogP contribution is 2.38. The van der Waals surface area contributed by atoms with Crippen molar-refractivity contribution < 1.29 is 0 Å². The van der Waals surface area contributed by atoms with Gasteiger partial charge in [-0.25, -0.2) is 0 Å². The van der Waals surface area contributed by atoms with Gasteiger partial charge in [0, 0.05) is 45.4 Å². The molecule has 0 unspecified atom stereocenters. The van der Waals surface area contributed by atoms with Crippen LogP contribution in [0.4, 0.5) is 17.1 Å². The smallest absolute Gasteiger partial charge is 0.0492 e. The summed E-state index contributed by atoms with van der Waals surface area (Å²) in [4.78, 5) is 2.34. The molecular formula is C30H30N2. The maximum Gasteiger partial charge on any atom is 0.0492 e. The van der Waals surface area contributed by atoms with E-state index in [1.807, 2.05) is 0 Å². The molecule has 0 spiro atoms. The van der Waals surface area contributed by atoms with Crippen LogP contribution in [0.2, 0.25) is 0 Å². The molecule has 0 aliphatic heterocycles. The van der Waals surface area contributed by atoms with Crippen molar-refractivity contribution >= 4 is 38.9 Å². The SMILES string of the molecule is CCCCCCn1c2ccccc2c2cc(N(c3ccccc3)c3ccccc3)ccc21. The summed E-state index contributed by atoms with van der Waals surface area (Å²) < 4.78 is 2.51. The Morgan fingerprint density at radius 1 is 0.562 bits per heavy atom. The summed E-state index contributed by atoms with van der Waals surface area (Å²) in [5.41, 5.74) is 6.18. The summed E-state index contributed by atoms with van der Waals surface area (Å²) in [7, 11) is 0. The number of rotatable bonds is 8. The zero-order valence-corrected chi connectivity index (χ0v) is 18.7. The lowest BCUT2D eigenvalue weighted by Crippen LogP contribution is -2.09. The standard InChI is InChI=1S/C30H30N2/c1-2-3-4-13-22-31-29-19-12-11-18-27(29)28-23-26(20-21-30(28)31)32(24-14-7-5-8-15-24)25-16-9-6-10-17-25/h5-12,14-21,23H,2-4,13,22H2,1H3. The van der Waals surface area contributed by atoms with Gasteiger partial charge in [-0.2, -0.15) is 0 Å². The molecule has 4 aromatic carbocycles. The quantitative estimate of drug-likeness (QED) is 0.228. The minimum atomic E-state index is 1.07. The maximum absolute atomic E-state index is 2.51. The number of aromatic nitrogens is 1. The molecule has 32 heavy (non-hydrogen) atoms. The van der Waals surface area contributed by atoms with Gasteiger partial charge in [0.1, 0.15) is 0 Å². The molecule has 0 aliphatic rings. The fourth-order valence-electron chi connectivity index (χ4n) is 4.72. The van der Waals surface area contributed by atoms with Gasteiger partial charge in [-0.1, -0.05) is 80.8 Å². The van der Waals surface area contributed by atoms with Crippen LogP contribution in [-0.4, -0.2) is 4.57 Å². The number of para-hydroxylation sites is 3. The topological polar surface area (TPSA) is 8.17 Å². The highest BCUT2D eigenvalue weighted by Gasteiger charge is 2.15. The predicted octanol–water partition coefficient (Wildman–Crippen LogP) is 8.84. The van der Waals surface area contributed by atoms with Gasteiger partial charge in [0.25, 0.3) is 0 Å². The zero-order chi connectivity index (χ0) is 21.8.